The van der Waals surface area contributed by atoms with E-state index in [0.29, 0.717) is 0 Å². The lowest BCUT2D eigenvalue weighted by Crippen LogP contribution is -2.03. The highest BCUT2D eigenvalue weighted by Gasteiger charge is 2.06. The smallest absolute Gasteiger partial charge is 0.0438 e. The first-order valence-corrected chi connectivity index (χ1v) is 7.29. The molecule has 0 aliphatic heterocycles. The molecule has 100 valence electrons. The summed E-state index contributed by atoms with van der Waals surface area (Å²) in [7, 11) is 0. The molecule has 0 heterocycles. The Hall–Kier alpha value is 0. The summed E-state index contributed by atoms with van der Waals surface area (Å²) in [5.41, 5.74) is 0. The highest BCUT2D eigenvalue weighted by molar-refractivity contribution is 4.58. The molecule has 0 saturated heterocycles. The fourth-order valence-corrected chi connectivity index (χ4v) is 2.28. The van der Waals surface area contributed by atoms with Gasteiger partial charge in [-0.05, 0) is 36.5 Å². The Morgan fingerprint density at radius 1 is 0.625 bits per heavy atom. The Morgan fingerprint density at radius 2 is 1.00 bits per heavy atom. The molecule has 0 spiro atoms. The van der Waals surface area contributed by atoms with Crippen LogP contribution in [0.25, 0.3) is 0 Å². The first-order chi connectivity index (χ1) is 7.29. The van der Waals surface area contributed by atoms with Gasteiger partial charge in [-0.3, -0.25) is 0 Å². The minimum atomic E-state index is 0.869. The van der Waals surface area contributed by atoms with Crippen LogP contribution in [0, 0.1) is 23.7 Å². The van der Waals surface area contributed by atoms with Crippen LogP contribution in [0.2, 0.25) is 0 Å². The van der Waals surface area contributed by atoms with Gasteiger partial charge in [0.25, 0.3) is 0 Å². The molecular formula is C16H36. The second-order valence-corrected chi connectivity index (χ2v) is 6.55. The largest absolute Gasteiger partial charge is 0.0654 e. The van der Waals surface area contributed by atoms with Crippen molar-refractivity contribution in [3.05, 3.63) is 0 Å². The van der Waals surface area contributed by atoms with Gasteiger partial charge < -0.3 is 0 Å². The molecule has 0 radical (unpaired) electrons. The first-order valence-electron chi connectivity index (χ1n) is 7.29. The molecule has 0 aromatic heterocycles. The summed E-state index contributed by atoms with van der Waals surface area (Å²) in [6.45, 7) is 18.3. The van der Waals surface area contributed by atoms with Crippen LogP contribution >= 0.6 is 0 Å². The second-order valence-electron chi connectivity index (χ2n) is 6.55. The summed E-state index contributed by atoms with van der Waals surface area (Å²) < 4.78 is 0. The van der Waals surface area contributed by atoms with Crippen molar-refractivity contribution in [1.29, 1.82) is 0 Å². The lowest BCUT2D eigenvalue weighted by Gasteiger charge is -2.15. The molecule has 0 N–H and O–H groups in total. The maximum absolute atomic E-state index is 2.36. The van der Waals surface area contributed by atoms with Crippen molar-refractivity contribution in [1.82, 2.24) is 0 Å². The fraction of sp³-hybridized carbons (Fsp3) is 1.00. The third-order valence-corrected chi connectivity index (χ3v) is 2.61. The van der Waals surface area contributed by atoms with Crippen molar-refractivity contribution in [2.45, 2.75) is 81.1 Å². The molecule has 0 heteroatoms. The van der Waals surface area contributed by atoms with Gasteiger partial charge in [0.1, 0.15) is 0 Å². The van der Waals surface area contributed by atoms with E-state index in [1.165, 1.54) is 25.7 Å². The van der Waals surface area contributed by atoms with Crippen LogP contribution in [0.1, 0.15) is 81.1 Å². The minimum absolute atomic E-state index is 0.869. The zero-order chi connectivity index (χ0) is 13.1. The van der Waals surface area contributed by atoms with E-state index in [1.807, 2.05) is 0 Å². The maximum atomic E-state index is 2.36. The van der Waals surface area contributed by atoms with Gasteiger partial charge in [-0.15, -0.1) is 0 Å². The third-order valence-electron chi connectivity index (χ3n) is 2.61. The van der Waals surface area contributed by atoms with Gasteiger partial charge >= 0.3 is 0 Å². The predicted molar refractivity (Wildman–Crippen MR) is 77.8 cm³/mol. The number of hydrogen-bond donors (Lipinski definition) is 0. The highest BCUT2D eigenvalue weighted by Crippen LogP contribution is 2.18. The molecule has 0 aliphatic rings. The van der Waals surface area contributed by atoms with Gasteiger partial charge in [-0.1, -0.05) is 68.2 Å². The Morgan fingerprint density at radius 3 is 1.12 bits per heavy atom. The Kier molecular flexibility index (Phi) is 13.2. The Labute approximate surface area is 105 Å². The molecule has 0 nitrogen and oxygen atoms in total. The van der Waals surface area contributed by atoms with Crippen LogP contribution in [0.5, 0.6) is 0 Å². The van der Waals surface area contributed by atoms with Gasteiger partial charge in [-0.2, -0.15) is 0 Å². The lowest BCUT2D eigenvalue weighted by molar-refractivity contribution is 0.368. The van der Waals surface area contributed by atoms with Gasteiger partial charge in [0, 0.05) is 0 Å². The van der Waals surface area contributed by atoms with E-state index in [2.05, 4.69) is 55.4 Å². The molecular weight excluding hydrogens is 192 g/mol. The summed E-state index contributed by atoms with van der Waals surface area (Å²) >= 11 is 0. The molecule has 0 atom stereocenters. The molecule has 16 heavy (non-hydrogen) atoms. The van der Waals surface area contributed by atoms with Crippen molar-refractivity contribution in [2.24, 2.45) is 23.7 Å². The van der Waals surface area contributed by atoms with Crippen molar-refractivity contribution in [3.63, 3.8) is 0 Å². The quantitative estimate of drug-likeness (QED) is 0.511. The Bertz CT molecular complexity index is 112. The van der Waals surface area contributed by atoms with Crippen molar-refractivity contribution < 1.29 is 0 Å². The zero-order valence-corrected chi connectivity index (χ0v) is 13.1. The van der Waals surface area contributed by atoms with Crippen molar-refractivity contribution >= 4 is 0 Å². The van der Waals surface area contributed by atoms with Crippen molar-refractivity contribution in [3.8, 4) is 0 Å². The standard InChI is InChI=1S/C10H22.C6H14/c1-8(2)6-10(5)7-9(3)4;1-4-5-6(2)3/h8-10H,6-7H2,1-5H3;6H,4-5H2,1-3H3. The fourth-order valence-electron chi connectivity index (χ4n) is 2.28. The van der Waals surface area contributed by atoms with E-state index in [1.54, 1.807) is 0 Å². The summed E-state index contributed by atoms with van der Waals surface area (Å²) in [5.74, 6) is 3.55. The highest BCUT2D eigenvalue weighted by atomic mass is 14.1. The normalized spacial score (nSPS) is 11.2. The monoisotopic (exact) mass is 228 g/mol. The van der Waals surface area contributed by atoms with Crippen molar-refractivity contribution in [2.75, 3.05) is 0 Å². The molecule has 0 unspecified atom stereocenters. The van der Waals surface area contributed by atoms with Gasteiger partial charge in [0.05, 0.1) is 0 Å². The van der Waals surface area contributed by atoms with E-state index in [9.17, 15) is 0 Å². The summed E-state index contributed by atoms with van der Waals surface area (Å²) in [6.07, 6.45) is 5.48. The van der Waals surface area contributed by atoms with E-state index in [-0.39, 0.29) is 0 Å². The van der Waals surface area contributed by atoms with Gasteiger partial charge in [-0.25, -0.2) is 0 Å². The molecule has 0 aliphatic carbocycles. The predicted octanol–water partition coefficient (Wildman–Crippen LogP) is 6.16. The number of hydrogen-bond acceptors (Lipinski definition) is 0. The molecule has 0 aromatic carbocycles. The Balaban J connectivity index is 0. The van der Waals surface area contributed by atoms with Crippen LogP contribution in [-0.2, 0) is 0 Å². The number of rotatable bonds is 6. The maximum Gasteiger partial charge on any atom is -0.0438 e. The minimum Gasteiger partial charge on any atom is -0.0654 e. The summed E-state index contributed by atoms with van der Waals surface area (Å²) in [5, 5.41) is 0. The van der Waals surface area contributed by atoms with Crippen LogP contribution in [0.4, 0.5) is 0 Å². The SMILES string of the molecule is CC(C)CC(C)CC(C)C.CCCC(C)C. The van der Waals surface area contributed by atoms with E-state index in [4.69, 9.17) is 0 Å². The van der Waals surface area contributed by atoms with E-state index in [0.717, 1.165) is 23.7 Å². The third kappa shape index (κ3) is 19.6. The lowest BCUT2D eigenvalue weighted by atomic mass is 9.91. The first kappa shape index (κ1) is 18.4. The molecule has 0 fully saturated rings. The van der Waals surface area contributed by atoms with Crippen LogP contribution in [0.3, 0.4) is 0 Å². The zero-order valence-electron chi connectivity index (χ0n) is 13.1. The average Bonchev–Trinajstić information content (AvgIpc) is 2.00. The molecule has 0 aromatic rings. The second kappa shape index (κ2) is 11.5. The van der Waals surface area contributed by atoms with E-state index < -0.39 is 0 Å². The van der Waals surface area contributed by atoms with Gasteiger partial charge in [0.2, 0.25) is 0 Å². The summed E-state index contributed by atoms with van der Waals surface area (Å²) in [4.78, 5) is 0. The molecule has 0 amide bonds. The summed E-state index contributed by atoms with van der Waals surface area (Å²) in [6, 6.07) is 0. The molecule has 0 bridgehead atoms. The average molecular weight is 228 g/mol. The van der Waals surface area contributed by atoms with Crippen LogP contribution in [-0.4, -0.2) is 0 Å². The van der Waals surface area contributed by atoms with Gasteiger partial charge in [0.15, 0.2) is 0 Å². The van der Waals surface area contributed by atoms with Crippen LogP contribution in [0.15, 0.2) is 0 Å². The molecule has 0 rings (SSSR count). The topological polar surface area (TPSA) is 0 Å². The van der Waals surface area contributed by atoms with E-state index >= 15 is 0 Å². The molecule has 0 saturated carbocycles. The van der Waals surface area contributed by atoms with Crippen LogP contribution < -0.4 is 0 Å².